The first-order valence-corrected chi connectivity index (χ1v) is 38.4. The highest BCUT2D eigenvalue weighted by Crippen LogP contribution is 2.43. The highest BCUT2D eigenvalue weighted by atomic mass is 31.2. The molecule has 3 unspecified atom stereocenters. The van der Waals surface area contributed by atoms with Crippen LogP contribution in [-0.2, 0) is 27.9 Å². The number of carbonyl (C=O) groups excluding carboxylic acids is 2. The number of likely N-dealkylation sites (N-methyl/N-ethyl adjacent to an activating group) is 1. The summed E-state index contributed by atoms with van der Waals surface area (Å²) in [4.78, 5) is 37.9. The van der Waals surface area contributed by atoms with Gasteiger partial charge in [-0.25, -0.2) is 4.57 Å². The zero-order chi connectivity index (χ0) is 63.5. The van der Waals surface area contributed by atoms with Crippen molar-refractivity contribution in [1.82, 2.24) is 5.32 Å². The third-order valence-corrected chi connectivity index (χ3v) is 17.3. The van der Waals surface area contributed by atoms with Crippen molar-refractivity contribution >= 4 is 19.7 Å². The Bertz CT molecular complexity index is 1760. The quantitative estimate of drug-likeness (QED) is 0.0205. The van der Waals surface area contributed by atoms with E-state index in [9.17, 15) is 19.0 Å². The van der Waals surface area contributed by atoms with Gasteiger partial charge in [0.05, 0.1) is 33.8 Å². The summed E-state index contributed by atoms with van der Waals surface area (Å²) in [5, 5.41) is 3.07. The van der Waals surface area contributed by atoms with Crippen LogP contribution in [0.25, 0.3) is 0 Å². The van der Waals surface area contributed by atoms with Crippen molar-refractivity contribution in [2.45, 2.75) is 354 Å². The van der Waals surface area contributed by atoms with Gasteiger partial charge in [-0.3, -0.25) is 18.6 Å². The molecule has 0 aliphatic rings. The monoisotopic (exact) mass is 1240 g/mol. The molecule has 0 aliphatic carbocycles. The molecule has 0 saturated heterocycles. The molecule has 2 N–H and O–H groups in total. The Morgan fingerprint density at radius 3 is 1.11 bits per heavy atom. The lowest BCUT2D eigenvalue weighted by molar-refractivity contribution is -0.870. The number of quaternary nitrogens is 1. The summed E-state index contributed by atoms with van der Waals surface area (Å²) in [6.07, 6.45) is 88.9. The van der Waals surface area contributed by atoms with Gasteiger partial charge in [-0.2, -0.15) is 0 Å². The van der Waals surface area contributed by atoms with Crippen LogP contribution in [0.5, 0.6) is 0 Å². The molecule has 87 heavy (non-hydrogen) atoms. The van der Waals surface area contributed by atoms with Crippen LogP contribution in [0.4, 0.5) is 0 Å². The zero-order valence-electron chi connectivity index (χ0n) is 58.0. The maximum Gasteiger partial charge on any atom is 0.472 e. The summed E-state index contributed by atoms with van der Waals surface area (Å²) >= 11 is 0. The average molecular weight is 1240 g/mol. The van der Waals surface area contributed by atoms with E-state index in [0.717, 1.165) is 89.9 Å². The van der Waals surface area contributed by atoms with E-state index in [2.05, 4.69) is 99.0 Å². The second-order valence-corrected chi connectivity index (χ2v) is 27.5. The van der Waals surface area contributed by atoms with Crippen LogP contribution in [0.1, 0.15) is 342 Å². The van der Waals surface area contributed by atoms with Gasteiger partial charge in [-0.1, -0.05) is 312 Å². The number of nitrogens with one attached hydrogen (secondary N) is 1. The van der Waals surface area contributed by atoms with Crippen molar-refractivity contribution < 1.29 is 37.3 Å². The number of phosphoric acid groups is 1. The molecular weight excluding hydrogens is 1100 g/mol. The maximum atomic E-state index is 13.6. The first-order valence-electron chi connectivity index (χ1n) is 36.9. The number of hydrogen-bond acceptors (Lipinski definition) is 6. The van der Waals surface area contributed by atoms with Gasteiger partial charge < -0.3 is 19.4 Å². The van der Waals surface area contributed by atoms with E-state index in [1.165, 1.54) is 218 Å². The topological polar surface area (TPSA) is 111 Å². The van der Waals surface area contributed by atoms with E-state index in [-0.39, 0.29) is 31.5 Å². The Morgan fingerprint density at radius 1 is 0.414 bits per heavy atom. The summed E-state index contributed by atoms with van der Waals surface area (Å²) in [5.41, 5.74) is 0. The van der Waals surface area contributed by atoms with Crippen LogP contribution >= 0.6 is 7.82 Å². The minimum Gasteiger partial charge on any atom is -0.456 e. The van der Waals surface area contributed by atoms with E-state index in [0.29, 0.717) is 17.4 Å². The van der Waals surface area contributed by atoms with Gasteiger partial charge >= 0.3 is 13.8 Å². The van der Waals surface area contributed by atoms with Crippen molar-refractivity contribution in [2.24, 2.45) is 0 Å². The maximum absolute atomic E-state index is 13.6. The molecule has 0 aromatic rings. The summed E-state index contributed by atoms with van der Waals surface area (Å²) in [6.45, 7) is 6.93. The number of allylic oxidation sites excluding steroid dienone is 13. The molecular formula is C77H142N2O7P+. The fourth-order valence-corrected chi connectivity index (χ4v) is 11.4. The molecule has 0 heterocycles. The van der Waals surface area contributed by atoms with Gasteiger partial charge in [0.1, 0.15) is 19.3 Å². The number of amides is 1. The van der Waals surface area contributed by atoms with Gasteiger partial charge in [0.15, 0.2) is 0 Å². The Balaban J connectivity index is 4.97. The van der Waals surface area contributed by atoms with Crippen molar-refractivity contribution in [1.29, 1.82) is 0 Å². The Hall–Kier alpha value is -2.81. The first kappa shape index (κ1) is 84.2. The Kier molecular flexibility index (Phi) is 64.0. The molecule has 506 valence electrons. The molecule has 0 saturated carbocycles. The summed E-state index contributed by atoms with van der Waals surface area (Å²) in [6, 6.07) is -0.853. The number of carbonyl (C=O) groups is 2. The Morgan fingerprint density at radius 2 is 0.736 bits per heavy atom. The molecule has 0 fully saturated rings. The number of hydrogen-bond donors (Lipinski definition) is 2. The summed E-state index contributed by atoms with van der Waals surface area (Å²) in [7, 11) is 1.50. The fourth-order valence-electron chi connectivity index (χ4n) is 10.7. The lowest BCUT2D eigenvalue weighted by Gasteiger charge is -2.27. The SMILES string of the molecule is CC/C=C\C/C=C\C/C=C\C/C=C\C/C=C\CCCCCCCCCCCCCC(=O)OC(/C=C/CCCCCCCCCCC)C(COP(=O)(O)OCC[N+](C)(C)C)NC(=O)CCCCCCCCCCCCCCC/C=C/CCCCCCCC. The predicted octanol–water partition coefficient (Wildman–Crippen LogP) is 23.7. The van der Waals surface area contributed by atoms with Crippen LogP contribution < -0.4 is 5.32 Å². The van der Waals surface area contributed by atoms with Crippen LogP contribution in [-0.4, -0.2) is 74.3 Å². The first-order chi connectivity index (χ1) is 42.4. The normalized spacial score (nSPS) is 14.0. The van der Waals surface area contributed by atoms with Gasteiger partial charge in [0, 0.05) is 12.8 Å². The summed E-state index contributed by atoms with van der Waals surface area (Å²) in [5.74, 6) is -0.500. The van der Waals surface area contributed by atoms with Crippen LogP contribution in [0.3, 0.4) is 0 Å². The molecule has 0 rings (SSSR count). The van der Waals surface area contributed by atoms with E-state index < -0.39 is 20.0 Å². The van der Waals surface area contributed by atoms with Crippen LogP contribution in [0, 0.1) is 0 Å². The lowest BCUT2D eigenvalue weighted by atomic mass is 10.0. The molecule has 0 aromatic carbocycles. The molecule has 0 aromatic heterocycles. The van der Waals surface area contributed by atoms with Gasteiger partial charge in [-0.05, 0) is 102 Å². The van der Waals surface area contributed by atoms with E-state index in [4.69, 9.17) is 13.8 Å². The van der Waals surface area contributed by atoms with E-state index >= 15 is 0 Å². The largest absolute Gasteiger partial charge is 0.472 e. The molecule has 0 bridgehead atoms. The molecule has 0 radical (unpaired) electrons. The molecule has 10 heteroatoms. The van der Waals surface area contributed by atoms with Crippen molar-refractivity contribution in [3.63, 3.8) is 0 Å². The molecule has 1 amide bonds. The Labute approximate surface area is 539 Å². The molecule has 3 atom stereocenters. The molecule has 0 aliphatic heterocycles. The van der Waals surface area contributed by atoms with E-state index in [1.807, 2.05) is 33.3 Å². The number of unbranched alkanes of at least 4 members (excludes halogenated alkanes) is 39. The highest BCUT2D eigenvalue weighted by molar-refractivity contribution is 7.47. The van der Waals surface area contributed by atoms with Crippen molar-refractivity contribution in [3.05, 3.63) is 85.1 Å². The average Bonchev–Trinajstić information content (AvgIpc) is 3.70. The minimum absolute atomic E-state index is 0.0384. The summed E-state index contributed by atoms with van der Waals surface area (Å²) < 4.78 is 30.8. The highest BCUT2D eigenvalue weighted by Gasteiger charge is 2.30. The van der Waals surface area contributed by atoms with Gasteiger partial charge in [-0.15, -0.1) is 0 Å². The lowest BCUT2D eigenvalue weighted by Crippen LogP contribution is -2.47. The third kappa shape index (κ3) is 67.4. The van der Waals surface area contributed by atoms with Gasteiger partial charge in [0.2, 0.25) is 5.91 Å². The van der Waals surface area contributed by atoms with Crippen molar-refractivity contribution in [2.75, 3.05) is 40.9 Å². The van der Waals surface area contributed by atoms with Crippen molar-refractivity contribution in [3.8, 4) is 0 Å². The molecule has 0 spiro atoms. The number of ether oxygens (including phenoxy) is 1. The number of esters is 1. The fraction of sp³-hybridized carbons (Fsp3) is 0.792. The van der Waals surface area contributed by atoms with E-state index in [1.54, 1.807) is 0 Å². The minimum atomic E-state index is -4.46. The van der Waals surface area contributed by atoms with Crippen LogP contribution in [0.15, 0.2) is 85.1 Å². The van der Waals surface area contributed by atoms with Gasteiger partial charge in [0.25, 0.3) is 0 Å². The zero-order valence-corrected chi connectivity index (χ0v) is 58.9. The molecule has 9 nitrogen and oxygen atoms in total. The predicted molar refractivity (Wildman–Crippen MR) is 378 cm³/mol. The standard InChI is InChI=1S/C77H141N2O7P/c1-7-10-13-16-19-22-25-27-29-31-33-35-37-38-39-40-42-44-46-48-50-52-55-58-61-64-67-70-77(81)86-75(68-65-62-59-56-53-24-21-18-15-12-9-3)74(73-85-87(82,83)84-72-71-79(4,5)6)78-76(80)69-66-63-60-57-54-51-49-47-45-43-41-36-34-32-30-28-26-23-20-17-14-11-8-2/h10,13,19,22,27-30,33,35,38-39,65,68,74-75H,7-9,11-12,14-18,20-21,23-26,31-32,34,36-37,40-64,66-67,69-73H2,1-6H3,(H-,78,80,82,83)/p+1/b13-10-,22-19-,29-27-,30-28+,35-33-,39-38-,68-65+. The second kappa shape index (κ2) is 66.1. The number of rotatable bonds is 67. The number of phosphoric ester groups is 1. The second-order valence-electron chi connectivity index (χ2n) is 26.1. The van der Waals surface area contributed by atoms with Crippen LogP contribution in [0.2, 0.25) is 0 Å². The third-order valence-electron chi connectivity index (χ3n) is 16.3. The smallest absolute Gasteiger partial charge is 0.456 e. The number of nitrogens with zero attached hydrogens (tertiary/aromatic N) is 1.